The summed E-state index contributed by atoms with van der Waals surface area (Å²) in [5.74, 6) is 0.855. The molecule has 3 nitrogen and oxygen atoms in total. The summed E-state index contributed by atoms with van der Waals surface area (Å²) < 4.78 is 5.26. The van der Waals surface area contributed by atoms with Crippen LogP contribution in [0.4, 0.5) is 0 Å². The lowest BCUT2D eigenvalue weighted by Crippen LogP contribution is -2.54. The zero-order valence-electron chi connectivity index (χ0n) is 11.6. The van der Waals surface area contributed by atoms with Gasteiger partial charge < -0.3 is 9.84 Å². The van der Waals surface area contributed by atoms with Crippen molar-refractivity contribution in [3.8, 4) is 6.07 Å². The Kier molecular flexibility index (Phi) is 3.99. The van der Waals surface area contributed by atoms with Crippen molar-refractivity contribution in [1.82, 2.24) is 0 Å². The van der Waals surface area contributed by atoms with Crippen molar-refractivity contribution in [2.24, 2.45) is 17.3 Å². The average Bonchev–Trinajstić information content (AvgIpc) is 3.23. The second-order valence-electron chi connectivity index (χ2n) is 6.20. The van der Waals surface area contributed by atoms with Gasteiger partial charge in [0.05, 0.1) is 18.1 Å². The first-order valence-electron chi connectivity index (χ1n) is 7.24. The van der Waals surface area contributed by atoms with Crippen molar-refractivity contribution in [3.05, 3.63) is 0 Å². The summed E-state index contributed by atoms with van der Waals surface area (Å²) in [6, 6.07) is 2.50. The summed E-state index contributed by atoms with van der Waals surface area (Å²) in [6.07, 6.45) is 7.13. The summed E-state index contributed by atoms with van der Waals surface area (Å²) in [5, 5.41) is 20.8. The summed E-state index contributed by atoms with van der Waals surface area (Å²) in [7, 11) is 1.62. The molecule has 0 saturated heterocycles. The number of nitrogens with zero attached hydrogens (tertiary/aromatic N) is 1. The molecule has 1 N–H and O–H groups in total. The van der Waals surface area contributed by atoms with E-state index in [1.54, 1.807) is 7.11 Å². The molecule has 3 unspecified atom stereocenters. The van der Waals surface area contributed by atoms with Crippen LogP contribution in [-0.4, -0.2) is 24.4 Å². The Balaban J connectivity index is 2.26. The predicted octanol–water partition coefficient (Wildman–Crippen LogP) is 2.88. The molecular weight excluding hydrogens is 226 g/mol. The number of rotatable bonds is 5. The number of hydrogen-bond donors (Lipinski definition) is 1. The van der Waals surface area contributed by atoms with Gasteiger partial charge in [-0.2, -0.15) is 5.26 Å². The Morgan fingerprint density at radius 2 is 2.17 bits per heavy atom. The number of ether oxygens (including phenoxy) is 1. The van der Waals surface area contributed by atoms with Crippen molar-refractivity contribution in [2.45, 2.75) is 57.5 Å². The van der Waals surface area contributed by atoms with Crippen LogP contribution in [0.5, 0.6) is 0 Å². The predicted molar refractivity (Wildman–Crippen MR) is 69.8 cm³/mol. The summed E-state index contributed by atoms with van der Waals surface area (Å²) >= 11 is 0. The van der Waals surface area contributed by atoms with E-state index in [-0.39, 0.29) is 5.92 Å². The molecule has 2 fully saturated rings. The van der Waals surface area contributed by atoms with Crippen molar-refractivity contribution >= 4 is 0 Å². The van der Waals surface area contributed by atoms with Gasteiger partial charge in [0.1, 0.15) is 5.60 Å². The van der Waals surface area contributed by atoms with Gasteiger partial charge in [-0.3, -0.25) is 0 Å². The van der Waals surface area contributed by atoms with Crippen molar-refractivity contribution in [3.63, 3.8) is 0 Å². The van der Waals surface area contributed by atoms with Gasteiger partial charge in [0.25, 0.3) is 0 Å². The highest BCUT2D eigenvalue weighted by molar-refractivity contribution is 5.17. The van der Waals surface area contributed by atoms with Crippen molar-refractivity contribution in [2.75, 3.05) is 13.7 Å². The van der Waals surface area contributed by atoms with Crippen LogP contribution < -0.4 is 0 Å². The smallest absolute Gasteiger partial charge is 0.109 e. The minimum atomic E-state index is -0.926. The van der Waals surface area contributed by atoms with E-state index in [4.69, 9.17) is 4.74 Å². The third kappa shape index (κ3) is 2.17. The minimum Gasteiger partial charge on any atom is -0.386 e. The maximum Gasteiger partial charge on any atom is 0.109 e. The summed E-state index contributed by atoms with van der Waals surface area (Å²) in [6.45, 7) is 2.49. The number of nitriles is 1. The Morgan fingerprint density at radius 3 is 2.67 bits per heavy atom. The Hall–Kier alpha value is -0.590. The number of methoxy groups -OCH3 is 1. The normalized spacial score (nSPS) is 35.8. The zero-order valence-corrected chi connectivity index (χ0v) is 11.6. The fourth-order valence-electron chi connectivity index (χ4n) is 3.76. The van der Waals surface area contributed by atoms with Gasteiger partial charge in [-0.05, 0) is 37.5 Å². The highest BCUT2D eigenvalue weighted by atomic mass is 16.5. The highest BCUT2D eigenvalue weighted by Gasteiger charge is 2.59. The molecule has 3 atom stereocenters. The molecule has 0 aromatic rings. The Bertz CT molecular complexity index is 334. The van der Waals surface area contributed by atoms with Crippen LogP contribution in [0.2, 0.25) is 0 Å². The quantitative estimate of drug-likeness (QED) is 0.817. The fourth-order valence-corrected chi connectivity index (χ4v) is 3.76. The van der Waals surface area contributed by atoms with Crippen LogP contribution in [0.3, 0.4) is 0 Å². The number of aliphatic hydroxyl groups is 1. The zero-order chi connectivity index (χ0) is 13.2. The molecule has 3 heteroatoms. The van der Waals surface area contributed by atoms with E-state index in [0.717, 1.165) is 38.5 Å². The van der Waals surface area contributed by atoms with Crippen molar-refractivity contribution < 1.29 is 9.84 Å². The molecule has 2 aliphatic carbocycles. The third-order valence-electron chi connectivity index (χ3n) is 5.09. The largest absolute Gasteiger partial charge is 0.386 e. The van der Waals surface area contributed by atoms with E-state index >= 15 is 0 Å². The van der Waals surface area contributed by atoms with Gasteiger partial charge in [-0.1, -0.05) is 26.2 Å². The molecule has 0 aromatic heterocycles. The van der Waals surface area contributed by atoms with E-state index in [1.165, 1.54) is 6.42 Å². The third-order valence-corrected chi connectivity index (χ3v) is 5.09. The fraction of sp³-hybridized carbons (Fsp3) is 0.933. The van der Waals surface area contributed by atoms with Gasteiger partial charge in [-0.15, -0.1) is 0 Å². The first kappa shape index (κ1) is 13.8. The topological polar surface area (TPSA) is 53.2 Å². The lowest BCUT2D eigenvalue weighted by Gasteiger charge is -2.47. The van der Waals surface area contributed by atoms with Gasteiger partial charge >= 0.3 is 0 Å². The van der Waals surface area contributed by atoms with E-state index in [2.05, 4.69) is 13.0 Å². The Labute approximate surface area is 110 Å². The van der Waals surface area contributed by atoms with Gasteiger partial charge in [0, 0.05) is 7.11 Å². The molecule has 0 bridgehead atoms. The summed E-state index contributed by atoms with van der Waals surface area (Å²) in [5.41, 5.74) is -1.51. The molecule has 0 aromatic carbocycles. The molecular formula is C15H25NO2. The molecule has 2 saturated carbocycles. The summed E-state index contributed by atoms with van der Waals surface area (Å²) in [4.78, 5) is 0. The first-order chi connectivity index (χ1) is 8.62. The lowest BCUT2D eigenvalue weighted by molar-refractivity contribution is -0.136. The lowest BCUT2D eigenvalue weighted by atomic mass is 9.59. The van der Waals surface area contributed by atoms with E-state index in [9.17, 15) is 10.4 Å². The van der Waals surface area contributed by atoms with Crippen LogP contribution in [-0.2, 0) is 4.74 Å². The standard InChI is InChI=1S/C15H25NO2/c1-3-12-5-4-8-14(9-12,10-16)15(17,11-18-2)13-6-7-13/h12-13,17H,3-9,11H2,1-2H3. The molecule has 102 valence electrons. The first-order valence-corrected chi connectivity index (χ1v) is 7.24. The van der Waals surface area contributed by atoms with Gasteiger partial charge in [-0.25, -0.2) is 0 Å². The molecule has 2 rings (SSSR count). The van der Waals surface area contributed by atoms with Gasteiger partial charge in [0.15, 0.2) is 0 Å². The maximum atomic E-state index is 11.1. The monoisotopic (exact) mass is 251 g/mol. The van der Waals surface area contributed by atoms with Crippen LogP contribution in [0.1, 0.15) is 51.9 Å². The molecule has 0 spiro atoms. The molecule has 0 heterocycles. The highest BCUT2D eigenvalue weighted by Crippen LogP contribution is 2.56. The van der Waals surface area contributed by atoms with Crippen LogP contribution in [0.15, 0.2) is 0 Å². The van der Waals surface area contributed by atoms with Crippen LogP contribution in [0.25, 0.3) is 0 Å². The maximum absolute atomic E-state index is 11.1. The van der Waals surface area contributed by atoms with Crippen LogP contribution >= 0.6 is 0 Å². The number of hydrogen-bond acceptors (Lipinski definition) is 3. The van der Waals surface area contributed by atoms with Crippen LogP contribution in [0, 0.1) is 28.6 Å². The van der Waals surface area contributed by atoms with E-state index < -0.39 is 11.0 Å². The minimum absolute atomic E-state index is 0.271. The molecule has 0 aliphatic heterocycles. The molecule has 0 amide bonds. The SMILES string of the molecule is CCC1CCCC(C#N)(C(O)(COC)C2CC2)C1. The molecule has 2 aliphatic rings. The average molecular weight is 251 g/mol. The second-order valence-corrected chi connectivity index (χ2v) is 6.20. The van der Waals surface area contributed by atoms with E-state index in [1.807, 2.05) is 0 Å². The van der Waals surface area contributed by atoms with E-state index in [0.29, 0.717) is 12.5 Å². The Morgan fingerprint density at radius 1 is 1.44 bits per heavy atom. The molecule has 18 heavy (non-hydrogen) atoms. The van der Waals surface area contributed by atoms with Crippen molar-refractivity contribution in [1.29, 1.82) is 5.26 Å². The van der Waals surface area contributed by atoms with Gasteiger partial charge in [0.2, 0.25) is 0 Å². The molecule has 0 radical (unpaired) electrons. The second kappa shape index (κ2) is 5.19.